The van der Waals surface area contributed by atoms with Crippen molar-refractivity contribution in [2.75, 3.05) is 36.5 Å². The van der Waals surface area contributed by atoms with Gasteiger partial charge >= 0.3 is 0 Å². The van der Waals surface area contributed by atoms with E-state index in [-0.39, 0.29) is 24.7 Å². The van der Waals surface area contributed by atoms with Crippen LogP contribution in [0.5, 0.6) is 5.75 Å². The van der Waals surface area contributed by atoms with Crippen LogP contribution < -0.4 is 20.3 Å². The first-order chi connectivity index (χ1) is 18.8. The van der Waals surface area contributed by atoms with E-state index in [4.69, 9.17) is 9.47 Å². The zero-order chi connectivity index (χ0) is 27.6. The van der Waals surface area contributed by atoms with Crippen LogP contribution in [0.4, 0.5) is 10.8 Å². The summed E-state index contributed by atoms with van der Waals surface area (Å²) in [5.41, 5.74) is 3.11. The van der Waals surface area contributed by atoms with Gasteiger partial charge in [0.05, 0.1) is 48.1 Å². The summed E-state index contributed by atoms with van der Waals surface area (Å²) in [6, 6.07) is 15.7. The summed E-state index contributed by atoms with van der Waals surface area (Å²) in [4.78, 5) is 32.4. The molecule has 2 aliphatic rings. The Bertz CT molecular complexity index is 1420. The molecular formula is C29H31N5O4S. The van der Waals surface area contributed by atoms with Crippen molar-refractivity contribution in [1.29, 1.82) is 5.26 Å². The lowest BCUT2D eigenvalue weighted by atomic mass is 9.78. The standard InChI is InChI=1S/C29H31N5O4S/c1-18-14-34(15-19(2)38-18)21-7-4-6-20(12-21)24-16-39-28(32-24)33-25(35)13-31-27(36)22-8-5-9-23-26(22)37-11-10-29(23,3)17-30/h4-9,12,16,18-19H,10-11,13-15H2,1-3H3,(H,31,36)(H,32,33,35)/t18-,19+,29-/m1/s1. The summed E-state index contributed by atoms with van der Waals surface area (Å²) >= 11 is 1.33. The molecule has 0 unspecified atom stereocenters. The van der Waals surface area contributed by atoms with Crippen molar-refractivity contribution in [3.8, 4) is 23.1 Å². The number of benzene rings is 2. The Labute approximate surface area is 231 Å². The van der Waals surface area contributed by atoms with Crippen molar-refractivity contribution < 1.29 is 19.1 Å². The molecule has 3 aromatic rings. The largest absolute Gasteiger partial charge is 0.492 e. The van der Waals surface area contributed by atoms with E-state index in [1.807, 2.05) is 24.4 Å². The van der Waals surface area contributed by atoms with E-state index < -0.39 is 11.3 Å². The van der Waals surface area contributed by atoms with Crippen LogP contribution in [0.15, 0.2) is 47.8 Å². The van der Waals surface area contributed by atoms with E-state index >= 15 is 0 Å². The van der Waals surface area contributed by atoms with Gasteiger partial charge in [0, 0.05) is 41.7 Å². The first-order valence-electron chi connectivity index (χ1n) is 13.0. The second-order valence-corrected chi connectivity index (χ2v) is 11.1. The van der Waals surface area contributed by atoms with Crippen LogP contribution in [-0.4, -0.2) is 55.2 Å². The molecular weight excluding hydrogens is 514 g/mol. The number of anilines is 2. The molecule has 3 atom stereocenters. The molecule has 5 rings (SSSR count). The third-order valence-electron chi connectivity index (χ3n) is 7.04. The summed E-state index contributed by atoms with van der Waals surface area (Å²) in [7, 11) is 0. The van der Waals surface area contributed by atoms with E-state index in [1.165, 1.54) is 11.3 Å². The van der Waals surface area contributed by atoms with Gasteiger partial charge in [-0.15, -0.1) is 11.3 Å². The van der Waals surface area contributed by atoms with Crippen LogP contribution in [0.2, 0.25) is 0 Å². The smallest absolute Gasteiger partial charge is 0.255 e. The number of para-hydroxylation sites is 1. The van der Waals surface area contributed by atoms with Crippen molar-refractivity contribution in [3.05, 3.63) is 59.0 Å². The maximum absolute atomic E-state index is 12.9. The van der Waals surface area contributed by atoms with Crippen LogP contribution in [-0.2, 0) is 14.9 Å². The van der Waals surface area contributed by atoms with E-state index in [1.54, 1.807) is 18.2 Å². The van der Waals surface area contributed by atoms with Crippen molar-refractivity contribution in [2.45, 2.75) is 44.8 Å². The average Bonchev–Trinajstić information content (AvgIpc) is 3.39. The predicted molar refractivity (Wildman–Crippen MR) is 150 cm³/mol. The highest BCUT2D eigenvalue weighted by atomic mass is 32.1. The molecule has 0 bridgehead atoms. The number of hydrogen-bond acceptors (Lipinski definition) is 8. The fourth-order valence-electron chi connectivity index (χ4n) is 5.05. The first kappa shape index (κ1) is 26.7. The van der Waals surface area contributed by atoms with Crippen molar-refractivity contribution in [3.63, 3.8) is 0 Å². The molecule has 0 radical (unpaired) electrons. The van der Waals surface area contributed by atoms with Gasteiger partial charge in [-0.1, -0.05) is 24.3 Å². The van der Waals surface area contributed by atoms with Gasteiger partial charge in [0.15, 0.2) is 5.13 Å². The van der Waals surface area contributed by atoms with Gasteiger partial charge in [-0.05, 0) is 39.0 Å². The van der Waals surface area contributed by atoms with Crippen LogP contribution in [0, 0.1) is 11.3 Å². The molecule has 1 saturated heterocycles. The molecule has 1 fully saturated rings. The van der Waals surface area contributed by atoms with E-state index in [0.29, 0.717) is 35.0 Å². The lowest BCUT2D eigenvalue weighted by Gasteiger charge is -2.37. The van der Waals surface area contributed by atoms with E-state index in [0.717, 1.165) is 30.0 Å². The highest BCUT2D eigenvalue weighted by Crippen LogP contribution is 2.40. The van der Waals surface area contributed by atoms with Gasteiger partial charge in [-0.2, -0.15) is 5.26 Å². The van der Waals surface area contributed by atoms with Gasteiger partial charge < -0.3 is 25.0 Å². The number of morpholine rings is 1. The third kappa shape index (κ3) is 5.75. The normalized spacial score (nSPS) is 22.3. The van der Waals surface area contributed by atoms with Crippen LogP contribution in [0.1, 0.15) is 43.1 Å². The monoisotopic (exact) mass is 545 g/mol. The number of carbonyl (C=O) groups is 2. The Hall–Kier alpha value is -3.94. The molecule has 2 N–H and O–H groups in total. The molecule has 2 aliphatic heterocycles. The summed E-state index contributed by atoms with van der Waals surface area (Å²) in [5, 5.41) is 17.4. The number of carbonyl (C=O) groups excluding carboxylic acids is 2. The second-order valence-electron chi connectivity index (χ2n) is 10.2. The fourth-order valence-corrected chi connectivity index (χ4v) is 5.78. The van der Waals surface area contributed by atoms with Gasteiger partial charge in [0.25, 0.3) is 5.91 Å². The summed E-state index contributed by atoms with van der Waals surface area (Å²) in [6.45, 7) is 7.77. The van der Waals surface area contributed by atoms with Gasteiger partial charge in [-0.3, -0.25) is 9.59 Å². The number of hydrogen-bond donors (Lipinski definition) is 2. The number of nitrogens with one attached hydrogen (secondary N) is 2. The molecule has 0 saturated carbocycles. The molecule has 0 spiro atoms. The van der Waals surface area contributed by atoms with Gasteiger partial charge in [0.1, 0.15) is 5.75 Å². The quantitative estimate of drug-likeness (QED) is 0.473. The Morgan fingerprint density at radius 1 is 1.21 bits per heavy atom. The zero-order valence-electron chi connectivity index (χ0n) is 22.2. The Kier molecular flexibility index (Phi) is 7.55. The fraction of sp³-hybridized carbons (Fsp3) is 0.379. The topological polar surface area (TPSA) is 117 Å². The van der Waals surface area contributed by atoms with E-state index in [2.05, 4.69) is 52.6 Å². The third-order valence-corrected chi connectivity index (χ3v) is 7.79. The number of aromatic nitrogens is 1. The number of fused-ring (bicyclic) bond motifs is 1. The highest BCUT2D eigenvalue weighted by molar-refractivity contribution is 7.14. The van der Waals surface area contributed by atoms with Crippen molar-refractivity contribution in [2.24, 2.45) is 0 Å². The number of ether oxygens (including phenoxy) is 2. The van der Waals surface area contributed by atoms with Crippen LogP contribution >= 0.6 is 11.3 Å². The SMILES string of the molecule is C[C@@H]1CN(c2cccc(-c3csc(NC(=O)CNC(=O)c4cccc5c4OCC[C@]5(C)C#N)n3)c2)C[C@H](C)O1. The average molecular weight is 546 g/mol. The van der Waals surface area contributed by atoms with Crippen molar-refractivity contribution in [1.82, 2.24) is 10.3 Å². The maximum Gasteiger partial charge on any atom is 0.255 e. The summed E-state index contributed by atoms with van der Waals surface area (Å²) in [5.74, 6) is -0.423. The lowest BCUT2D eigenvalue weighted by molar-refractivity contribution is -0.115. The molecule has 9 nitrogen and oxygen atoms in total. The molecule has 202 valence electrons. The summed E-state index contributed by atoms with van der Waals surface area (Å²) in [6.07, 6.45) is 0.878. The highest BCUT2D eigenvalue weighted by Gasteiger charge is 2.35. The lowest BCUT2D eigenvalue weighted by Crippen LogP contribution is -2.45. The Morgan fingerprint density at radius 3 is 2.74 bits per heavy atom. The Balaban J connectivity index is 1.21. The minimum absolute atomic E-state index is 0.163. The zero-order valence-corrected chi connectivity index (χ0v) is 23.0. The minimum Gasteiger partial charge on any atom is -0.492 e. The van der Waals surface area contributed by atoms with Crippen LogP contribution in [0.25, 0.3) is 11.3 Å². The van der Waals surface area contributed by atoms with Crippen LogP contribution in [0.3, 0.4) is 0 Å². The number of nitriles is 1. The minimum atomic E-state index is -0.720. The second kappa shape index (κ2) is 11.0. The number of rotatable bonds is 6. The molecule has 39 heavy (non-hydrogen) atoms. The first-order valence-corrected chi connectivity index (χ1v) is 13.9. The summed E-state index contributed by atoms with van der Waals surface area (Å²) < 4.78 is 11.6. The van der Waals surface area contributed by atoms with E-state index in [9.17, 15) is 14.9 Å². The molecule has 2 aromatic carbocycles. The van der Waals surface area contributed by atoms with Crippen molar-refractivity contribution >= 4 is 34.0 Å². The number of thiazole rings is 1. The molecule has 10 heteroatoms. The maximum atomic E-state index is 12.9. The Morgan fingerprint density at radius 2 is 1.97 bits per heavy atom. The molecule has 0 aliphatic carbocycles. The van der Waals surface area contributed by atoms with Gasteiger partial charge in [0.2, 0.25) is 5.91 Å². The van der Waals surface area contributed by atoms with Gasteiger partial charge in [-0.25, -0.2) is 4.98 Å². The molecule has 3 heterocycles. The number of nitrogens with zero attached hydrogens (tertiary/aromatic N) is 3. The predicted octanol–water partition coefficient (Wildman–Crippen LogP) is 4.36. The molecule has 1 aromatic heterocycles. The number of amides is 2. The molecule has 2 amide bonds.